The van der Waals surface area contributed by atoms with Crippen molar-refractivity contribution in [3.05, 3.63) is 29.8 Å². The normalized spacial score (nSPS) is 44.6. The topological polar surface area (TPSA) is 69.2 Å². The summed E-state index contributed by atoms with van der Waals surface area (Å²) in [5, 5.41) is 13.2. The number of ether oxygens (including phenoxy) is 2. The zero-order chi connectivity index (χ0) is 24.9. The lowest BCUT2D eigenvalue weighted by atomic mass is 9.53. The van der Waals surface area contributed by atoms with E-state index in [1.54, 1.807) is 0 Å². The van der Waals surface area contributed by atoms with Gasteiger partial charge in [-0.2, -0.15) is 9.78 Å². The van der Waals surface area contributed by atoms with Gasteiger partial charge in [0.1, 0.15) is 5.75 Å². The number of hydrogen-bond acceptors (Lipinski definition) is 6. The first kappa shape index (κ1) is 24.8. The molecule has 1 heterocycles. The largest absolute Gasteiger partial charge is 0.494 e. The molecule has 6 heteroatoms. The van der Waals surface area contributed by atoms with Crippen molar-refractivity contribution in [1.29, 1.82) is 0 Å². The molecule has 0 unspecified atom stereocenters. The van der Waals surface area contributed by atoms with Crippen LogP contribution in [0.5, 0.6) is 5.75 Å². The third kappa shape index (κ3) is 4.86. The summed E-state index contributed by atoms with van der Waals surface area (Å²) in [6, 6.07) is 9.31. The number of hydrogen-bond donors (Lipinski definition) is 2. The monoisotopic (exact) mass is 511 g/mol. The van der Waals surface area contributed by atoms with Gasteiger partial charge >= 0.3 is 0 Å². The molecule has 6 saturated carbocycles. The fourth-order valence-electron chi connectivity index (χ4n) is 8.87. The van der Waals surface area contributed by atoms with E-state index in [4.69, 9.17) is 19.2 Å². The molecular formula is C31H45NO5. The average Bonchev–Trinajstić information content (AvgIpc) is 3.28. The molecule has 6 aliphatic carbocycles. The molecule has 2 spiro atoms. The first-order valence-corrected chi connectivity index (χ1v) is 15.3. The van der Waals surface area contributed by atoms with Crippen molar-refractivity contribution in [2.75, 3.05) is 13.2 Å². The van der Waals surface area contributed by atoms with Crippen LogP contribution in [0.2, 0.25) is 0 Å². The Morgan fingerprint density at radius 1 is 0.838 bits per heavy atom. The molecule has 0 atom stereocenters. The maximum Gasteiger partial charge on any atom is 0.210 e. The van der Waals surface area contributed by atoms with Crippen molar-refractivity contribution in [3.63, 3.8) is 0 Å². The van der Waals surface area contributed by atoms with Crippen LogP contribution in [0, 0.1) is 23.7 Å². The van der Waals surface area contributed by atoms with Gasteiger partial charge in [-0.15, -0.1) is 0 Å². The summed E-state index contributed by atoms with van der Waals surface area (Å²) in [6.45, 7) is 1.70. The lowest BCUT2D eigenvalue weighted by Gasteiger charge is -2.57. The van der Waals surface area contributed by atoms with Crippen molar-refractivity contribution in [1.82, 2.24) is 5.32 Å². The van der Waals surface area contributed by atoms with E-state index >= 15 is 0 Å². The van der Waals surface area contributed by atoms with Crippen LogP contribution in [0.3, 0.4) is 0 Å². The molecule has 7 aliphatic rings. The molecule has 0 aromatic heterocycles. The predicted molar refractivity (Wildman–Crippen MR) is 140 cm³/mol. The Kier molecular flexibility index (Phi) is 6.77. The summed E-state index contributed by atoms with van der Waals surface area (Å²) < 4.78 is 12.9. The first-order chi connectivity index (χ1) is 18.1. The van der Waals surface area contributed by atoms with Gasteiger partial charge < -0.3 is 19.9 Å². The van der Waals surface area contributed by atoms with Gasteiger partial charge in [0.05, 0.1) is 12.7 Å². The minimum absolute atomic E-state index is 0.0868. The molecule has 2 N–H and O–H groups in total. The minimum atomic E-state index is -0.527. The second kappa shape index (κ2) is 10.1. The maximum atomic E-state index is 9.63. The summed E-state index contributed by atoms with van der Waals surface area (Å²) in [5.41, 5.74) is 1.40. The van der Waals surface area contributed by atoms with Gasteiger partial charge in [0, 0.05) is 30.7 Å². The lowest BCUT2D eigenvalue weighted by molar-refractivity contribution is -0.390. The quantitative estimate of drug-likeness (QED) is 0.354. The number of aliphatic hydroxyl groups excluding tert-OH is 1. The summed E-state index contributed by atoms with van der Waals surface area (Å²) in [6.07, 6.45) is 15.4. The number of nitrogens with one attached hydrogen (secondary N) is 1. The second-order valence-electron chi connectivity index (χ2n) is 13.2. The number of rotatable bonds is 7. The Balaban J connectivity index is 0.862. The van der Waals surface area contributed by atoms with E-state index in [0.717, 1.165) is 88.5 Å². The Morgan fingerprint density at radius 2 is 1.51 bits per heavy atom. The Morgan fingerprint density at radius 3 is 2.19 bits per heavy atom. The molecular weight excluding hydrogens is 466 g/mol. The molecule has 1 aliphatic heterocycles. The Bertz CT molecular complexity index is 890. The fourth-order valence-corrected chi connectivity index (χ4v) is 8.87. The van der Waals surface area contributed by atoms with E-state index in [-0.39, 0.29) is 6.10 Å². The maximum absolute atomic E-state index is 9.63. The predicted octanol–water partition coefficient (Wildman–Crippen LogP) is 5.83. The molecule has 1 aromatic rings. The van der Waals surface area contributed by atoms with Gasteiger partial charge in [0.2, 0.25) is 11.6 Å². The zero-order valence-electron chi connectivity index (χ0n) is 22.2. The van der Waals surface area contributed by atoms with Gasteiger partial charge in [0.15, 0.2) is 0 Å². The van der Waals surface area contributed by atoms with Crippen LogP contribution in [-0.4, -0.2) is 42.0 Å². The van der Waals surface area contributed by atoms with Gasteiger partial charge in [-0.25, -0.2) is 0 Å². The SMILES string of the molecule is OC1CCC(NCCCOc2ccc(C3CCC4(CC3)OOC3(O4)C4CC5CC(C4)CC3C5)cc2)CC1. The van der Waals surface area contributed by atoms with E-state index in [1.807, 2.05) is 0 Å². The third-order valence-corrected chi connectivity index (χ3v) is 10.8. The molecule has 204 valence electrons. The van der Waals surface area contributed by atoms with Crippen molar-refractivity contribution in [3.8, 4) is 5.75 Å². The highest BCUT2D eigenvalue weighted by atomic mass is 17.3. The van der Waals surface area contributed by atoms with Crippen LogP contribution in [0.4, 0.5) is 0 Å². The van der Waals surface area contributed by atoms with Crippen LogP contribution >= 0.6 is 0 Å². The third-order valence-electron chi connectivity index (χ3n) is 10.8. The van der Waals surface area contributed by atoms with Gasteiger partial charge in [-0.3, -0.25) is 0 Å². The number of aliphatic hydroxyl groups is 1. The fraction of sp³-hybridized carbons (Fsp3) is 0.806. The van der Waals surface area contributed by atoms with Crippen LogP contribution in [-0.2, 0) is 14.5 Å². The molecule has 8 rings (SSSR count). The average molecular weight is 512 g/mol. The van der Waals surface area contributed by atoms with Crippen LogP contribution in [0.1, 0.15) is 101 Å². The summed E-state index contributed by atoms with van der Waals surface area (Å²) in [7, 11) is 0. The highest BCUT2D eigenvalue weighted by molar-refractivity contribution is 5.30. The van der Waals surface area contributed by atoms with E-state index in [2.05, 4.69) is 29.6 Å². The highest BCUT2D eigenvalue weighted by Crippen LogP contribution is 2.64. The first-order valence-electron chi connectivity index (χ1n) is 15.3. The number of benzene rings is 1. The van der Waals surface area contributed by atoms with E-state index < -0.39 is 11.6 Å². The molecule has 37 heavy (non-hydrogen) atoms. The van der Waals surface area contributed by atoms with E-state index in [1.165, 1.54) is 37.7 Å². The second-order valence-corrected chi connectivity index (χ2v) is 13.2. The smallest absolute Gasteiger partial charge is 0.210 e. The minimum Gasteiger partial charge on any atom is -0.494 e. The Hall–Kier alpha value is -1.18. The van der Waals surface area contributed by atoms with Crippen molar-refractivity contribution in [2.24, 2.45) is 23.7 Å². The molecule has 7 fully saturated rings. The van der Waals surface area contributed by atoms with Crippen molar-refractivity contribution < 1.29 is 24.4 Å². The molecule has 0 amide bonds. The van der Waals surface area contributed by atoms with Crippen LogP contribution in [0.25, 0.3) is 0 Å². The lowest BCUT2D eigenvalue weighted by Crippen LogP contribution is -2.59. The summed E-state index contributed by atoms with van der Waals surface area (Å²) in [5.74, 6) is 3.38. The zero-order valence-corrected chi connectivity index (χ0v) is 22.2. The van der Waals surface area contributed by atoms with Gasteiger partial charge in [-0.1, -0.05) is 12.1 Å². The summed E-state index contributed by atoms with van der Waals surface area (Å²) in [4.78, 5) is 12.3. The molecule has 1 aromatic carbocycles. The molecule has 1 saturated heterocycles. The molecule has 0 radical (unpaired) electrons. The van der Waals surface area contributed by atoms with Gasteiger partial charge in [0.25, 0.3) is 0 Å². The highest BCUT2D eigenvalue weighted by Gasteiger charge is 2.66. The van der Waals surface area contributed by atoms with E-state index in [0.29, 0.717) is 23.8 Å². The van der Waals surface area contributed by atoms with Crippen LogP contribution < -0.4 is 10.1 Å². The standard InChI is InChI=1S/C31H45NO5/c33-28-6-4-27(5-7-28)32-14-1-15-34-29-8-2-23(3-9-29)24-10-12-30(13-11-24)35-31(37-36-30)25-17-21-16-22(19-25)20-26(31)18-21/h2-3,8-9,21-22,24-28,32-33H,1,4-7,10-20H2. The molecule has 4 bridgehead atoms. The Labute approximate surface area is 221 Å². The van der Waals surface area contributed by atoms with Crippen molar-refractivity contribution in [2.45, 2.75) is 120 Å². The summed E-state index contributed by atoms with van der Waals surface area (Å²) >= 11 is 0. The van der Waals surface area contributed by atoms with E-state index in [9.17, 15) is 5.11 Å². The van der Waals surface area contributed by atoms with Gasteiger partial charge in [-0.05, 0) is 119 Å². The van der Waals surface area contributed by atoms with Crippen LogP contribution in [0.15, 0.2) is 24.3 Å². The van der Waals surface area contributed by atoms with Crippen molar-refractivity contribution >= 4 is 0 Å². The molecule has 6 nitrogen and oxygen atoms in total.